The molecule has 1 aliphatic heterocycles. The van der Waals surface area contributed by atoms with Crippen LogP contribution in [0.1, 0.15) is 18.4 Å². The van der Waals surface area contributed by atoms with Gasteiger partial charge in [-0.15, -0.1) is 11.3 Å². The lowest BCUT2D eigenvalue weighted by molar-refractivity contribution is 0.496. The molecule has 142 valence electrons. The third kappa shape index (κ3) is 3.27. The average molecular weight is 392 g/mol. The highest BCUT2D eigenvalue weighted by molar-refractivity contribution is 7.18. The summed E-state index contributed by atoms with van der Waals surface area (Å²) in [5.74, 6) is -1.95. The second-order valence-electron chi connectivity index (χ2n) is 6.89. The van der Waals surface area contributed by atoms with Crippen molar-refractivity contribution in [3.05, 3.63) is 40.5 Å². The van der Waals surface area contributed by atoms with E-state index >= 15 is 0 Å². The number of rotatable bonds is 4. The topological polar surface area (TPSA) is 55.0 Å². The molecule has 2 aromatic heterocycles. The van der Waals surface area contributed by atoms with Gasteiger partial charge in [0.1, 0.15) is 5.82 Å². The lowest BCUT2D eigenvalue weighted by Gasteiger charge is -2.19. The standard InChI is InChI=1S/C19H19F3N4S/c1-10-9-27-17-16(10)24-18(12-6-14(21)15(22)7-13(12)20)25-19(17)26-5-3-11(8-26)2-4-23/h6-7,9,11H,2-5,8,23H2,1H3. The van der Waals surface area contributed by atoms with Crippen LogP contribution in [0.2, 0.25) is 0 Å². The Hall–Kier alpha value is -2.19. The van der Waals surface area contributed by atoms with Crippen molar-refractivity contribution in [2.24, 2.45) is 11.7 Å². The zero-order valence-corrected chi connectivity index (χ0v) is 15.6. The van der Waals surface area contributed by atoms with E-state index in [0.29, 0.717) is 24.0 Å². The highest BCUT2D eigenvalue weighted by Gasteiger charge is 2.27. The normalized spacial score (nSPS) is 17.2. The van der Waals surface area contributed by atoms with Gasteiger partial charge in [0.05, 0.1) is 15.8 Å². The maximum atomic E-state index is 14.3. The van der Waals surface area contributed by atoms with Crippen LogP contribution in [0.3, 0.4) is 0 Å². The van der Waals surface area contributed by atoms with Gasteiger partial charge in [0, 0.05) is 19.2 Å². The lowest BCUT2D eigenvalue weighted by atomic mass is 10.1. The van der Waals surface area contributed by atoms with Crippen LogP contribution in [0.15, 0.2) is 17.5 Å². The molecule has 0 amide bonds. The van der Waals surface area contributed by atoms with Crippen LogP contribution in [-0.2, 0) is 0 Å². The number of hydrogen-bond acceptors (Lipinski definition) is 5. The van der Waals surface area contributed by atoms with Crippen molar-refractivity contribution in [1.29, 1.82) is 0 Å². The van der Waals surface area contributed by atoms with Gasteiger partial charge in [0.25, 0.3) is 0 Å². The van der Waals surface area contributed by atoms with E-state index in [2.05, 4.69) is 14.9 Å². The molecule has 27 heavy (non-hydrogen) atoms. The van der Waals surface area contributed by atoms with Gasteiger partial charge in [-0.25, -0.2) is 23.1 Å². The van der Waals surface area contributed by atoms with Crippen LogP contribution in [0.25, 0.3) is 21.6 Å². The molecule has 1 atom stereocenters. The Kier molecular flexibility index (Phi) is 4.77. The molecule has 1 aromatic carbocycles. The Bertz CT molecular complexity index is 1000. The zero-order valence-electron chi connectivity index (χ0n) is 14.8. The highest BCUT2D eigenvalue weighted by atomic mass is 32.1. The number of benzene rings is 1. The Balaban J connectivity index is 1.84. The largest absolute Gasteiger partial charge is 0.355 e. The monoisotopic (exact) mass is 392 g/mol. The second kappa shape index (κ2) is 7.09. The quantitative estimate of drug-likeness (QED) is 0.674. The predicted octanol–water partition coefficient (Wildman–Crippen LogP) is 4.26. The van der Waals surface area contributed by atoms with Crippen molar-refractivity contribution in [2.75, 3.05) is 24.5 Å². The minimum atomic E-state index is -1.23. The molecule has 2 N–H and O–H groups in total. The molecule has 0 bridgehead atoms. The van der Waals surface area contributed by atoms with E-state index in [9.17, 15) is 13.2 Å². The van der Waals surface area contributed by atoms with Gasteiger partial charge in [-0.1, -0.05) is 0 Å². The molecule has 3 heterocycles. The Morgan fingerprint density at radius 3 is 2.74 bits per heavy atom. The number of nitrogens with zero attached hydrogens (tertiary/aromatic N) is 3. The molecule has 4 rings (SSSR count). The molecule has 1 aliphatic rings. The molecule has 0 aliphatic carbocycles. The smallest absolute Gasteiger partial charge is 0.165 e. The highest BCUT2D eigenvalue weighted by Crippen LogP contribution is 2.37. The Labute approximate surface area is 158 Å². The van der Waals surface area contributed by atoms with Gasteiger partial charge in [-0.05, 0) is 49.2 Å². The fourth-order valence-corrected chi connectivity index (χ4v) is 4.55. The minimum Gasteiger partial charge on any atom is -0.355 e. The molecule has 1 fully saturated rings. The first-order valence-corrected chi connectivity index (χ1v) is 9.71. The molecule has 3 aromatic rings. The van der Waals surface area contributed by atoms with E-state index in [1.807, 2.05) is 12.3 Å². The summed E-state index contributed by atoms with van der Waals surface area (Å²) in [6.45, 7) is 4.21. The summed E-state index contributed by atoms with van der Waals surface area (Å²) in [5, 5.41) is 1.97. The van der Waals surface area contributed by atoms with Crippen molar-refractivity contribution in [1.82, 2.24) is 9.97 Å². The number of anilines is 1. The zero-order chi connectivity index (χ0) is 19.1. The lowest BCUT2D eigenvalue weighted by Crippen LogP contribution is -2.22. The third-order valence-corrected chi connectivity index (χ3v) is 6.07. The van der Waals surface area contributed by atoms with Gasteiger partial charge >= 0.3 is 0 Å². The van der Waals surface area contributed by atoms with Crippen molar-refractivity contribution in [3.8, 4) is 11.4 Å². The van der Waals surface area contributed by atoms with E-state index < -0.39 is 17.5 Å². The van der Waals surface area contributed by atoms with E-state index in [1.54, 1.807) is 0 Å². The van der Waals surface area contributed by atoms with Crippen LogP contribution in [0, 0.1) is 30.3 Å². The van der Waals surface area contributed by atoms with Gasteiger partial charge in [-0.2, -0.15) is 0 Å². The Morgan fingerprint density at radius 2 is 1.96 bits per heavy atom. The maximum Gasteiger partial charge on any atom is 0.165 e. The van der Waals surface area contributed by atoms with Crippen LogP contribution in [0.5, 0.6) is 0 Å². The van der Waals surface area contributed by atoms with Crippen molar-refractivity contribution < 1.29 is 13.2 Å². The van der Waals surface area contributed by atoms with E-state index in [0.717, 1.165) is 48.1 Å². The van der Waals surface area contributed by atoms with Gasteiger partial charge < -0.3 is 10.6 Å². The molecule has 1 unspecified atom stereocenters. The van der Waals surface area contributed by atoms with Crippen molar-refractivity contribution in [3.63, 3.8) is 0 Å². The average Bonchev–Trinajstić information content (AvgIpc) is 3.25. The number of aromatic nitrogens is 2. The number of thiophene rings is 1. The van der Waals surface area contributed by atoms with Crippen LogP contribution < -0.4 is 10.6 Å². The fraction of sp³-hybridized carbons (Fsp3) is 0.368. The van der Waals surface area contributed by atoms with Gasteiger partial charge in [0.15, 0.2) is 23.3 Å². The third-order valence-electron chi connectivity index (χ3n) is 4.99. The SMILES string of the molecule is Cc1csc2c(N3CCC(CCN)C3)nc(-c3cc(F)c(F)cc3F)nc12. The number of aryl methyl sites for hydroxylation is 1. The summed E-state index contributed by atoms with van der Waals surface area (Å²) in [6.07, 6.45) is 1.96. The number of halogens is 3. The first kappa shape index (κ1) is 18.2. The summed E-state index contributed by atoms with van der Waals surface area (Å²) in [6, 6.07) is 1.35. The molecule has 0 radical (unpaired) electrons. The molecular weight excluding hydrogens is 373 g/mol. The maximum absolute atomic E-state index is 14.3. The fourth-order valence-electron chi connectivity index (χ4n) is 3.54. The van der Waals surface area contributed by atoms with E-state index in [-0.39, 0.29) is 11.4 Å². The Morgan fingerprint density at radius 1 is 1.19 bits per heavy atom. The molecule has 1 saturated heterocycles. The summed E-state index contributed by atoms with van der Waals surface area (Å²) >= 11 is 1.54. The molecule has 0 saturated carbocycles. The van der Waals surface area contributed by atoms with Gasteiger partial charge in [-0.3, -0.25) is 0 Å². The number of fused-ring (bicyclic) bond motifs is 1. The predicted molar refractivity (Wildman–Crippen MR) is 101 cm³/mol. The first-order valence-electron chi connectivity index (χ1n) is 8.83. The number of hydrogen-bond donors (Lipinski definition) is 1. The van der Waals surface area contributed by atoms with Crippen LogP contribution in [-0.4, -0.2) is 29.6 Å². The van der Waals surface area contributed by atoms with Crippen molar-refractivity contribution >= 4 is 27.4 Å². The molecule has 4 nitrogen and oxygen atoms in total. The first-order chi connectivity index (χ1) is 13.0. The van der Waals surface area contributed by atoms with Crippen LogP contribution >= 0.6 is 11.3 Å². The summed E-state index contributed by atoms with van der Waals surface area (Å²) in [7, 11) is 0. The summed E-state index contributed by atoms with van der Waals surface area (Å²) in [4.78, 5) is 11.2. The molecule has 0 spiro atoms. The summed E-state index contributed by atoms with van der Waals surface area (Å²) in [5.41, 5.74) is 7.20. The van der Waals surface area contributed by atoms with E-state index in [1.165, 1.54) is 11.3 Å². The van der Waals surface area contributed by atoms with Crippen LogP contribution in [0.4, 0.5) is 19.0 Å². The minimum absolute atomic E-state index is 0.0673. The van der Waals surface area contributed by atoms with E-state index in [4.69, 9.17) is 5.73 Å². The molecule has 8 heteroatoms. The van der Waals surface area contributed by atoms with Crippen molar-refractivity contribution in [2.45, 2.75) is 19.8 Å². The van der Waals surface area contributed by atoms with Gasteiger partial charge in [0.2, 0.25) is 0 Å². The molecular formula is C19H19F3N4S. The number of nitrogens with two attached hydrogens (primary N) is 1. The summed E-state index contributed by atoms with van der Waals surface area (Å²) < 4.78 is 42.2. The second-order valence-corrected chi connectivity index (χ2v) is 7.77.